The number of aromatic carboxylic acids is 2. The number of anilines is 2. The van der Waals surface area contributed by atoms with Gasteiger partial charge in [0.25, 0.3) is 0 Å². The van der Waals surface area contributed by atoms with E-state index in [1.165, 1.54) is 24.5 Å². The van der Waals surface area contributed by atoms with Crippen LogP contribution in [0.2, 0.25) is 0 Å². The fourth-order valence-electron chi connectivity index (χ4n) is 6.21. The van der Waals surface area contributed by atoms with Crippen LogP contribution in [0.1, 0.15) is 34.6 Å². The summed E-state index contributed by atoms with van der Waals surface area (Å²) >= 11 is 0. The van der Waals surface area contributed by atoms with Gasteiger partial charge in [0.2, 0.25) is 10.9 Å². The zero-order valence-electron chi connectivity index (χ0n) is 27.5. The summed E-state index contributed by atoms with van der Waals surface area (Å²) < 4.78 is 32.6. The molecule has 256 valence electrons. The molecular formula is C34H40F2N6O6. The molecule has 0 atom stereocenters. The van der Waals surface area contributed by atoms with E-state index in [-0.39, 0.29) is 21.9 Å². The highest BCUT2D eigenvalue weighted by Crippen LogP contribution is 2.27. The van der Waals surface area contributed by atoms with Gasteiger partial charge in [0.05, 0.1) is 22.4 Å². The number of rotatable bonds is 6. The Morgan fingerprint density at radius 2 is 0.958 bits per heavy atom. The van der Waals surface area contributed by atoms with Gasteiger partial charge in [-0.3, -0.25) is 9.59 Å². The van der Waals surface area contributed by atoms with E-state index >= 15 is 0 Å². The Kier molecular flexibility index (Phi) is 10.2. The minimum absolute atomic E-state index is 0.104. The van der Waals surface area contributed by atoms with Crippen LogP contribution in [0.3, 0.4) is 0 Å². The molecule has 4 aromatic rings. The number of piperazine rings is 2. The minimum Gasteiger partial charge on any atom is -0.477 e. The fourth-order valence-corrected chi connectivity index (χ4v) is 6.21. The van der Waals surface area contributed by atoms with Gasteiger partial charge in [0.1, 0.15) is 22.8 Å². The van der Waals surface area contributed by atoms with Crippen LogP contribution in [0, 0.1) is 11.6 Å². The Hall–Kier alpha value is -4.82. The van der Waals surface area contributed by atoms with Crippen LogP contribution >= 0.6 is 0 Å². The largest absolute Gasteiger partial charge is 0.477 e. The second-order valence-corrected chi connectivity index (χ2v) is 12.1. The molecule has 0 bridgehead atoms. The first kappa shape index (κ1) is 34.5. The number of hydrogen-bond donors (Lipinski definition) is 2. The molecule has 0 radical (unpaired) electrons. The number of pyridine rings is 2. The number of aryl methyl sites for hydroxylation is 2. The summed E-state index contributed by atoms with van der Waals surface area (Å²) in [5, 5.41) is 18.6. The molecule has 48 heavy (non-hydrogen) atoms. The number of nitrogens with zero attached hydrogens (tertiary/aromatic N) is 6. The molecule has 4 heterocycles. The third-order valence-electron chi connectivity index (χ3n) is 9.13. The van der Waals surface area contributed by atoms with E-state index in [4.69, 9.17) is 0 Å². The summed E-state index contributed by atoms with van der Waals surface area (Å²) in [6.07, 6.45) is 2.66. The average Bonchev–Trinajstić information content (AvgIpc) is 3.06. The van der Waals surface area contributed by atoms with E-state index in [0.717, 1.165) is 26.2 Å². The highest BCUT2D eigenvalue weighted by molar-refractivity contribution is 5.94. The first-order valence-corrected chi connectivity index (χ1v) is 15.9. The number of carbonyl (C=O) groups is 2. The van der Waals surface area contributed by atoms with Crippen LogP contribution in [-0.2, 0) is 13.1 Å². The molecule has 2 aliphatic heterocycles. The summed E-state index contributed by atoms with van der Waals surface area (Å²) in [5.41, 5.74) is 0.0652. The lowest BCUT2D eigenvalue weighted by atomic mass is 10.1. The van der Waals surface area contributed by atoms with Crippen molar-refractivity contribution in [2.45, 2.75) is 26.9 Å². The molecular weight excluding hydrogens is 626 g/mol. The molecule has 2 aromatic heterocycles. The van der Waals surface area contributed by atoms with Crippen molar-refractivity contribution >= 4 is 45.1 Å². The van der Waals surface area contributed by atoms with Crippen LogP contribution in [0.25, 0.3) is 21.8 Å². The standard InChI is InChI=1S/2C17H20FN3O3/c2*1-3-20-10-12(17(23)24)16(22)11-8-13(18)15(9-14(11)20)21-6-4-19(2)5-7-21/h2*8-10H,3-7H2,1-2H3,(H,23,24). The predicted octanol–water partition coefficient (Wildman–Crippen LogP) is 3.22. The molecule has 0 amide bonds. The number of fused-ring (bicyclic) bond motifs is 2. The van der Waals surface area contributed by atoms with E-state index in [2.05, 4.69) is 9.80 Å². The van der Waals surface area contributed by atoms with E-state index in [1.807, 2.05) is 37.7 Å². The highest BCUT2D eigenvalue weighted by Gasteiger charge is 2.23. The van der Waals surface area contributed by atoms with Crippen molar-refractivity contribution in [3.05, 3.63) is 79.9 Å². The number of carboxylic acid groups (broad SMARTS) is 2. The summed E-state index contributed by atoms with van der Waals surface area (Å²) in [6.45, 7) is 10.9. The second kappa shape index (κ2) is 14.1. The Balaban J connectivity index is 0.000000188. The summed E-state index contributed by atoms with van der Waals surface area (Å²) in [6, 6.07) is 5.66. The van der Waals surface area contributed by atoms with Gasteiger partial charge in [0, 0.05) is 88.6 Å². The summed E-state index contributed by atoms with van der Waals surface area (Å²) in [5.74, 6) is -3.58. The lowest BCUT2D eigenvalue weighted by molar-refractivity contribution is 0.0684. The van der Waals surface area contributed by atoms with Crippen molar-refractivity contribution in [2.75, 3.05) is 76.3 Å². The number of hydrogen-bond acceptors (Lipinski definition) is 8. The maximum atomic E-state index is 14.6. The first-order chi connectivity index (χ1) is 22.8. The maximum absolute atomic E-state index is 14.6. The number of likely N-dealkylation sites (N-methyl/N-ethyl adjacent to an activating group) is 2. The molecule has 6 rings (SSSR count). The van der Waals surface area contributed by atoms with Gasteiger partial charge in [0.15, 0.2) is 0 Å². The molecule has 0 unspecified atom stereocenters. The normalized spacial score (nSPS) is 15.9. The quantitative estimate of drug-likeness (QED) is 0.316. The topological polar surface area (TPSA) is 132 Å². The van der Waals surface area contributed by atoms with Crippen molar-refractivity contribution in [1.82, 2.24) is 18.9 Å². The number of halogens is 2. The molecule has 2 saturated heterocycles. The maximum Gasteiger partial charge on any atom is 0.341 e. The van der Waals surface area contributed by atoms with Crippen molar-refractivity contribution < 1.29 is 28.6 Å². The summed E-state index contributed by atoms with van der Waals surface area (Å²) in [7, 11) is 4.05. The number of carboxylic acids is 2. The van der Waals surface area contributed by atoms with Gasteiger partial charge in [-0.2, -0.15) is 0 Å². The molecule has 2 aromatic carbocycles. The van der Waals surface area contributed by atoms with Gasteiger partial charge in [-0.05, 0) is 52.2 Å². The molecule has 0 spiro atoms. The lowest BCUT2D eigenvalue weighted by Crippen LogP contribution is -2.44. The molecule has 0 aliphatic carbocycles. The zero-order chi connectivity index (χ0) is 34.9. The lowest BCUT2D eigenvalue weighted by Gasteiger charge is -2.34. The Morgan fingerprint density at radius 3 is 1.25 bits per heavy atom. The molecule has 2 aliphatic rings. The molecule has 0 saturated carbocycles. The smallest absolute Gasteiger partial charge is 0.341 e. The average molecular weight is 667 g/mol. The van der Waals surface area contributed by atoms with Gasteiger partial charge < -0.3 is 38.9 Å². The number of benzene rings is 2. The molecule has 2 N–H and O–H groups in total. The van der Waals surface area contributed by atoms with E-state index in [0.29, 0.717) is 61.7 Å². The highest BCUT2D eigenvalue weighted by atomic mass is 19.1. The summed E-state index contributed by atoms with van der Waals surface area (Å²) in [4.78, 5) is 55.4. The van der Waals surface area contributed by atoms with Crippen LogP contribution in [-0.4, -0.2) is 108 Å². The third kappa shape index (κ3) is 6.76. The Labute approximate surface area is 275 Å². The SMILES string of the molecule is CCn1cc(C(=O)O)c(=O)c2cc(F)c(N3CCN(C)CC3)cc21.CCn1cc(C(=O)O)c(=O)c2cc(F)c(N3CCN(C)CC3)cc21. The Morgan fingerprint density at radius 1 is 0.625 bits per heavy atom. The van der Waals surface area contributed by atoms with Crippen molar-refractivity contribution in [3.63, 3.8) is 0 Å². The first-order valence-electron chi connectivity index (χ1n) is 15.9. The van der Waals surface area contributed by atoms with Crippen molar-refractivity contribution in [1.29, 1.82) is 0 Å². The van der Waals surface area contributed by atoms with Crippen LogP contribution in [0.4, 0.5) is 20.2 Å². The zero-order valence-corrected chi connectivity index (χ0v) is 27.5. The van der Waals surface area contributed by atoms with E-state index < -0.39 is 34.4 Å². The van der Waals surface area contributed by atoms with Gasteiger partial charge in [-0.15, -0.1) is 0 Å². The van der Waals surface area contributed by atoms with Gasteiger partial charge >= 0.3 is 11.9 Å². The minimum atomic E-state index is -1.30. The van der Waals surface area contributed by atoms with Crippen LogP contribution < -0.4 is 20.7 Å². The van der Waals surface area contributed by atoms with Crippen LogP contribution in [0.15, 0.2) is 46.2 Å². The van der Waals surface area contributed by atoms with Crippen molar-refractivity contribution in [3.8, 4) is 0 Å². The van der Waals surface area contributed by atoms with Gasteiger partial charge in [-0.1, -0.05) is 0 Å². The second-order valence-electron chi connectivity index (χ2n) is 12.1. The fraction of sp³-hybridized carbons (Fsp3) is 0.412. The Bertz CT molecular complexity index is 1850. The monoisotopic (exact) mass is 666 g/mol. The predicted molar refractivity (Wildman–Crippen MR) is 181 cm³/mol. The van der Waals surface area contributed by atoms with Gasteiger partial charge in [-0.25, -0.2) is 18.4 Å². The number of aromatic nitrogens is 2. The third-order valence-corrected chi connectivity index (χ3v) is 9.13. The molecule has 12 nitrogen and oxygen atoms in total. The van der Waals surface area contributed by atoms with Crippen LogP contribution in [0.5, 0.6) is 0 Å². The molecule has 2 fully saturated rings. The van der Waals surface area contributed by atoms with Crippen molar-refractivity contribution in [2.24, 2.45) is 0 Å². The van der Waals surface area contributed by atoms with E-state index in [1.54, 1.807) is 21.3 Å². The molecule has 14 heteroatoms. The van der Waals surface area contributed by atoms with E-state index in [9.17, 15) is 38.2 Å².